The van der Waals surface area contributed by atoms with Crippen molar-refractivity contribution in [1.82, 2.24) is 0 Å². The lowest BCUT2D eigenvalue weighted by atomic mass is 9.66. The molecule has 0 saturated heterocycles. The monoisotopic (exact) mass is 831 g/mol. The number of hydrogen-bond donors (Lipinski definition) is 0. The highest BCUT2D eigenvalue weighted by Gasteiger charge is 2.46. The Labute approximate surface area is 376 Å². The van der Waals surface area contributed by atoms with E-state index in [-0.39, 0.29) is 20.3 Å². The lowest BCUT2D eigenvalue weighted by Gasteiger charge is -2.38. The van der Waals surface area contributed by atoms with Crippen molar-refractivity contribution >= 4 is 65.8 Å². The van der Waals surface area contributed by atoms with Gasteiger partial charge in [0.2, 0.25) is 0 Å². The zero-order valence-corrected chi connectivity index (χ0v) is 38.2. The van der Waals surface area contributed by atoms with E-state index in [1.807, 2.05) is 0 Å². The molecular formula is C61H57NSi. The third-order valence-corrected chi connectivity index (χ3v) is 17.2. The zero-order valence-electron chi connectivity index (χ0n) is 36.8. The first kappa shape index (κ1) is 38.7. The van der Waals surface area contributed by atoms with Crippen molar-refractivity contribution in [3.63, 3.8) is 0 Å². The molecule has 0 unspecified atom stereocenters. The van der Waals surface area contributed by atoms with Gasteiger partial charge in [-0.15, -0.1) is 0 Å². The quantitative estimate of drug-likeness (QED) is 0.114. The van der Waals surface area contributed by atoms with Crippen LogP contribution in [0.3, 0.4) is 0 Å². The van der Waals surface area contributed by atoms with E-state index in [0.29, 0.717) is 0 Å². The number of anilines is 3. The largest absolute Gasteiger partial charge is 0.310 e. The van der Waals surface area contributed by atoms with E-state index in [9.17, 15) is 0 Å². The van der Waals surface area contributed by atoms with Crippen LogP contribution >= 0.6 is 0 Å². The van der Waals surface area contributed by atoms with Crippen LogP contribution in [0.15, 0.2) is 163 Å². The molecule has 2 fully saturated rings. The summed E-state index contributed by atoms with van der Waals surface area (Å²) in [5, 5.41) is 4.32. The molecule has 5 aliphatic rings. The summed E-state index contributed by atoms with van der Waals surface area (Å²) in [5.41, 5.74) is 21.7. The molecule has 310 valence electrons. The minimum Gasteiger partial charge on any atom is -0.310 e. The summed E-state index contributed by atoms with van der Waals surface area (Å²) >= 11 is 0. The Hall–Kier alpha value is -5.96. The molecule has 0 heterocycles. The SMILES string of the molecule is C[SiH2]c1ccc2cc(C3=CC4=C(CC3)c3ccc(C=Cc5ccc6c(c5)C5(CCCCC5)c5cc(N(c7ccccc7)c7ccccc7)ccc5-6)cc3C43CCCCC3)ccc2c1. The maximum Gasteiger partial charge on any atom is 0.0517 e. The van der Waals surface area contributed by atoms with E-state index in [1.165, 1.54) is 142 Å². The van der Waals surface area contributed by atoms with Crippen LogP contribution in [0.4, 0.5) is 17.1 Å². The second-order valence-corrected chi connectivity index (χ2v) is 20.8. The summed E-state index contributed by atoms with van der Waals surface area (Å²) in [6.45, 7) is 2.38. The van der Waals surface area contributed by atoms with Gasteiger partial charge in [0.05, 0.1) is 9.52 Å². The van der Waals surface area contributed by atoms with Gasteiger partial charge in [0.25, 0.3) is 0 Å². The Balaban J connectivity index is 0.871. The van der Waals surface area contributed by atoms with Crippen molar-refractivity contribution < 1.29 is 0 Å². The average Bonchev–Trinajstić information content (AvgIpc) is 3.75. The molecule has 2 heteroatoms. The predicted molar refractivity (Wildman–Crippen MR) is 273 cm³/mol. The van der Waals surface area contributed by atoms with E-state index in [2.05, 4.69) is 181 Å². The second-order valence-electron chi connectivity index (χ2n) is 19.3. The van der Waals surface area contributed by atoms with Crippen molar-refractivity contribution in [1.29, 1.82) is 0 Å². The van der Waals surface area contributed by atoms with Crippen molar-refractivity contribution in [3.05, 3.63) is 202 Å². The van der Waals surface area contributed by atoms with Crippen molar-refractivity contribution in [3.8, 4) is 11.1 Å². The normalized spacial score (nSPS) is 18.3. The number of allylic oxidation sites excluding steroid dienone is 4. The number of para-hydroxylation sites is 2. The maximum atomic E-state index is 2.65. The molecule has 0 bridgehead atoms. The lowest BCUT2D eigenvalue weighted by molar-refractivity contribution is 0.350. The first-order chi connectivity index (χ1) is 31.1. The molecule has 5 aliphatic carbocycles. The molecular weight excluding hydrogens is 775 g/mol. The lowest BCUT2D eigenvalue weighted by Crippen LogP contribution is -2.29. The highest BCUT2D eigenvalue weighted by atomic mass is 28.2. The molecule has 7 aromatic rings. The Kier molecular flexibility index (Phi) is 9.63. The minimum atomic E-state index is -0.152. The fourth-order valence-corrected chi connectivity index (χ4v) is 13.5. The van der Waals surface area contributed by atoms with Crippen LogP contribution in [-0.2, 0) is 10.8 Å². The number of nitrogens with zero attached hydrogens (tertiary/aromatic N) is 1. The molecule has 1 nitrogen and oxygen atoms in total. The van der Waals surface area contributed by atoms with Crippen LogP contribution < -0.4 is 10.1 Å². The number of hydrogen-bond acceptors (Lipinski definition) is 1. The van der Waals surface area contributed by atoms with Gasteiger partial charge < -0.3 is 4.90 Å². The standard InChI is InChI=1S/C61H57NSi/c1-63-51-27-24-45-38-44(22-23-46(45)39-51)47-25-30-54-52-28-20-42(36-56(52)60(58(54)40-47)32-10-4-11-33-60)18-19-43-21-29-53-55-31-26-50(41-59(55)61(57(53)37-43)34-12-5-13-35-61)62(48-14-6-2-7-15-48)49-16-8-3-9-17-49/h2-3,6-9,14-24,26-29,31,36-41H,4-5,10-13,25,30,32-35,63H2,1H3. The summed E-state index contributed by atoms with van der Waals surface area (Å²) in [4.78, 5) is 2.43. The Bertz CT molecular complexity index is 2950. The molecule has 0 amide bonds. The summed E-state index contributed by atoms with van der Waals surface area (Å²) < 4.78 is 0. The topological polar surface area (TPSA) is 3.24 Å². The van der Waals surface area contributed by atoms with Crippen molar-refractivity contribution in [2.24, 2.45) is 0 Å². The third-order valence-electron chi connectivity index (χ3n) is 15.9. The van der Waals surface area contributed by atoms with Crippen LogP contribution in [-0.4, -0.2) is 9.52 Å². The van der Waals surface area contributed by atoms with Gasteiger partial charge >= 0.3 is 0 Å². The van der Waals surface area contributed by atoms with Gasteiger partial charge in [-0.3, -0.25) is 0 Å². The molecule has 0 N–H and O–H groups in total. The second kappa shape index (κ2) is 15.7. The Morgan fingerprint density at radius 2 is 1.05 bits per heavy atom. The summed E-state index contributed by atoms with van der Waals surface area (Å²) in [6.07, 6.45) is 22.5. The van der Waals surface area contributed by atoms with E-state index in [4.69, 9.17) is 0 Å². The number of fused-ring (bicyclic) bond motifs is 10. The zero-order chi connectivity index (χ0) is 42.0. The summed E-state index contributed by atoms with van der Waals surface area (Å²) in [6, 6.07) is 58.3. The van der Waals surface area contributed by atoms with Gasteiger partial charge in [0.1, 0.15) is 0 Å². The van der Waals surface area contributed by atoms with Crippen LogP contribution in [0.1, 0.15) is 116 Å². The number of rotatable bonds is 7. The van der Waals surface area contributed by atoms with E-state index in [1.54, 1.807) is 21.9 Å². The molecule has 0 aliphatic heterocycles. The molecule has 0 radical (unpaired) electrons. The van der Waals surface area contributed by atoms with Crippen LogP contribution in [0.2, 0.25) is 6.55 Å². The molecule has 2 saturated carbocycles. The van der Waals surface area contributed by atoms with E-state index < -0.39 is 0 Å². The van der Waals surface area contributed by atoms with Gasteiger partial charge in [-0.05, 0) is 159 Å². The molecule has 7 aromatic carbocycles. The van der Waals surface area contributed by atoms with E-state index >= 15 is 0 Å². The average molecular weight is 832 g/mol. The van der Waals surface area contributed by atoms with Crippen LogP contribution in [0.5, 0.6) is 0 Å². The van der Waals surface area contributed by atoms with Crippen molar-refractivity contribution in [2.75, 3.05) is 4.90 Å². The molecule has 12 rings (SSSR count). The Morgan fingerprint density at radius 3 is 1.71 bits per heavy atom. The maximum absolute atomic E-state index is 2.65. The van der Waals surface area contributed by atoms with Gasteiger partial charge in [-0.25, -0.2) is 0 Å². The van der Waals surface area contributed by atoms with Crippen molar-refractivity contribution in [2.45, 2.75) is 94.4 Å². The smallest absolute Gasteiger partial charge is 0.0517 e. The number of benzene rings is 7. The first-order valence-corrected chi connectivity index (χ1v) is 26.2. The summed E-state index contributed by atoms with van der Waals surface area (Å²) in [7, 11) is -0.152. The molecule has 2 spiro atoms. The minimum absolute atomic E-state index is 0.0483. The predicted octanol–water partition coefficient (Wildman–Crippen LogP) is 15.4. The fraction of sp³-hybridized carbons (Fsp3) is 0.246. The summed E-state index contributed by atoms with van der Waals surface area (Å²) in [5.74, 6) is 0. The molecule has 0 aromatic heterocycles. The van der Waals surface area contributed by atoms with Gasteiger partial charge in [-0.1, -0.05) is 178 Å². The van der Waals surface area contributed by atoms with E-state index in [0.717, 1.165) is 12.8 Å². The first-order valence-electron chi connectivity index (χ1n) is 24.1. The fourth-order valence-electron chi connectivity index (χ4n) is 12.8. The molecule has 63 heavy (non-hydrogen) atoms. The third kappa shape index (κ3) is 6.47. The van der Waals surface area contributed by atoms with Crippen LogP contribution in [0, 0.1) is 0 Å². The van der Waals surface area contributed by atoms with Gasteiger partial charge in [0.15, 0.2) is 0 Å². The van der Waals surface area contributed by atoms with Crippen LogP contribution in [0.25, 0.3) is 45.2 Å². The highest BCUT2D eigenvalue weighted by molar-refractivity contribution is 6.52. The Morgan fingerprint density at radius 1 is 0.476 bits per heavy atom. The highest BCUT2D eigenvalue weighted by Crippen LogP contribution is 2.59. The van der Waals surface area contributed by atoms with Gasteiger partial charge in [0, 0.05) is 27.9 Å². The molecule has 0 atom stereocenters. The van der Waals surface area contributed by atoms with Gasteiger partial charge in [-0.2, -0.15) is 0 Å².